The minimum Gasteiger partial charge on any atom is -0.466 e. The van der Waals surface area contributed by atoms with Gasteiger partial charge in [0.1, 0.15) is 0 Å². The van der Waals surface area contributed by atoms with Gasteiger partial charge in [0.15, 0.2) is 0 Å². The summed E-state index contributed by atoms with van der Waals surface area (Å²) in [5.74, 6) is 0.0625. The number of nitrogens with one attached hydrogen (secondary N) is 1. The van der Waals surface area contributed by atoms with Gasteiger partial charge in [-0.25, -0.2) is 0 Å². The lowest BCUT2D eigenvalue weighted by Gasteiger charge is -2.32. The summed E-state index contributed by atoms with van der Waals surface area (Å²) >= 11 is 0. The van der Waals surface area contributed by atoms with Crippen molar-refractivity contribution in [1.82, 2.24) is 10.2 Å². The van der Waals surface area contributed by atoms with Crippen molar-refractivity contribution >= 4 is 5.97 Å². The fourth-order valence-corrected chi connectivity index (χ4v) is 2.35. The maximum absolute atomic E-state index is 11.7. The molecule has 1 aliphatic heterocycles. The molecule has 1 N–H and O–H groups in total. The summed E-state index contributed by atoms with van der Waals surface area (Å²) in [6, 6.07) is 0. The van der Waals surface area contributed by atoms with Crippen LogP contribution in [-0.4, -0.2) is 49.2 Å². The highest BCUT2D eigenvalue weighted by Gasteiger charge is 2.26. The van der Waals surface area contributed by atoms with E-state index >= 15 is 0 Å². The number of ether oxygens (including phenoxy) is 1. The first-order valence-electron chi connectivity index (χ1n) is 7.62. The molecule has 0 saturated carbocycles. The number of hydrogen-bond acceptors (Lipinski definition) is 4. The maximum Gasteiger partial charge on any atom is 0.309 e. The largest absolute Gasteiger partial charge is 0.466 e. The van der Waals surface area contributed by atoms with Crippen LogP contribution in [0.5, 0.6) is 0 Å². The minimum atomic E-state index is -0.0274. The molecule has 116 valence electrons. The molecule has 0 unspecified atom stereocenters. The van der Waals surface area contributed by atoms with Gasteiger partial charge < -0.3 is 10.1 Å². The van der Waals surface area contributed by atoms with Crippen LogP contribution < -0.4 is 5.32 Å². The molecule has 4 nitrogen and oxygen atoms in total. The Kier molecular flexibility index (Phi) is 6.69. The van der Waals surface area contributed by atoms with E-state index < -0.39 is 0 Å². The van der Waals surface area contributed by atoms with E-state index in [0.717, 1.165) is 39.0 Å². The summed E-state index contributed by atoms with van der Waals surface area (Å²) in [6.45, 7) is 16.6. The topological polar surface area (TPSA) is 41.6 Å². The molecule has 1 aliphatic rings. The second-order valence-corrected chi connectivity index (χ2v) is 6.66. The fraction of sp³-hybridized carbons (Fsp3) is 0.812. The third kappa shape index (κ3) is 6.53. The number of piperidine rings is 1. The molecule has 1 fully saturated rings. The number of likely N-dealkylation sites (tertiary alicyclic amines) is 1. The predicted molar refractivity (Wildman–Crippen MR) is 82.7 cm³/mol. The van der Waals surface area contributed by atoms with Crippen LogP contribution in [0, 0.1) is 5.92 Å². The molecule has 0 aromatic carbocycles. The van der Waals surface area contributed by atoms with Gasteiger partial charge in [-0.05, 0) is 59.2 Å². The molecule has 0 aromatic heterocycles. The molecule has 1 saturated heterocycles. The Balaban J connectivity index is 2.25. The Morgan fingerprint density at radius 1 is 1.35 bits per heavy atom. The second kappa shape index (κ2) is 7.79. The van der Waals surface area contributed by atoms with Crippen molar-refractivity contribution in [2.24, 2.45) is 5.92 Å². The summed E-state index contributed by atoms with van der Waals surface area (Å²) in [5.41, 5.74) is 1.33. The van der Waals surface area contributed by atoms with Crippen LogP contribution in [0.4, 0.5) is 0 Å². The first-order valence-corrected chi connectivity index (χ1v) is 7.62. The summed E-state index contributed by atoms with van der Waals surface area (Å²) < 4.78 is 5.09. The number of carbonyl (C=O) groups is 1. The van der Waals surface area contributed by atoms with Crippen LogP contribution in [0.1, 0.15) is 40.5 Å². The molecule has 1 heterocycles. The van der Waals surface area contributed by atoms with Crippen molar-refractivity contribution in [3.8, 4) is 0 Å². The summed E-state index contributed by atoms with van der Waals surface area (Å²) in [4.78, 5) is 14.0. The van der Waals surface area contributed by atoms with Gasteiger partial charge in [-0.15, -0.1) is 0 Å². The third-order valence-electron chi connectivity index (χ3n) is 3.52. The van der Waals surface area contributed by atoms with Gasteiger partial charge in [0, 0.05) is 18.6 Å². The van der Waals surface area contributed by atoms with Crippen LogP contribution in [-0.2, 0) is 9.53 Å². The molecule has 0 bridgehead atoms. The van der Waals surface area contributed by atoms with Crippen molar-refractivity contribution < 1.29 is 9.53 Å². The average molecular weight is 282 g/mol. The minimum absolute atomic E-state index is 0.0274. The van der Waals surface area contributed by atoms with Crippen molar-refractivity contribution in [3.63, 3.8) is 0 Å². The summed E-state index contributed by atoms with van der Waals surface area (Å²) in [5, 5.41) is 3.45. The van der Waals surface area contributed by atoms with E-state index in [0.29, 0.717) is 6.61 Å². The smallest absolute Gasteiger partial charge is 0.309 e. The molecule has 1 rings (SSSR count). The zero-order valence-corrected chi connectivity index (χ0v) is 13.5. The molecule has 0 atom stereocenters. The lowest BCUT2D eigenvalue weighted by atomic mass is 9.96. The first kappa shape index (κ1) is 17.2. The van der Waals surface area contributed by atoms with Crippen LogP contribution in [0.2, 0.25) is 0 Å². The molecular weight excluding hydrogens is 252 g/mol. The lowest BCUT2D eigenvalue weighted by Crippen LogP contribution is -2.41. The van der Waals surface area contributed by atoms with Gasteiger partial charge in [0.2, 0.25) is 0 Å². The highest BCUT2D eigenvalue weighted by Crippen LogP contribution is 2.19. The van der Waals surface area contributed by atoms with Gasteiger partial charge in [0.25, 0.3) is 0 Å². The van der Waals surface area contributed by atoms with Crippen LogP contribution in [0.15, 0.2) is 12.2 Å². The molecule has 4 heteroatoms. The average Bonchev–Trinajstić information content (AvgIpc) is 2.37. The van der Waals surface area contributed by atoms with Gasteiger partial charge in [0.05, 0.1) is 12.5 Å². The van der Waals surface area contributed by atoms with Crippen LogP contribution in [0.25, 0.3) is 0 Å². The Bertz CT molecular complexity index is 326. The summed E-state index contributed by atoms with van der Waals surface area (Å²) in [7, 11) is 0. The van der Waals surface area contributed by atoms with Crippen molar-refractivity contribution in [2.45, 2.75) is 46.1 Å². The predicted octanol–water partition coefficient (Wildman–Crippen LogP) is 2.21. The Hall–Kier alpha value is -0.870. The highest BCUT2D eigenvalue weighted by atomic mass is 16.5. The van der Waals surface area contributed by atoms with Crippen molar-refractivity contribution in [2.75, 3.05) is 32.8 Å². The first-order chi connectivity index (χ1) is 9.31. The Labute approximate surface area is 123 Å². The molecule has 20 heavy (non-hydrogen) atoms. The maximum atomic E-state index is 11.7. The van der Waals surface area contributed by atoms with Gasteiger partial charge >= 0.3 is 5.97 Å². The van der Waals surface area contributed by atoms with E-state index in [4.69, 9.17) is 4.74 Å². The van der Waals surface area contributed by atoms with E-state index in [1.165, 1.54) is 5.57 Å². The molecule has 0 radical (unpaired) electrons. The zero-order valence-electron chi connectivity index (χ0n) is 13.5. The highest BCUT2D eigenvalue weighted by molar-refractivity contribution is 5.72. The summed E-state index contributed by atoms with van der Waals surface area (Å²) in [6.07, 6.45) is 1.80. The molecule has 0 aromatic rings. The number of rotatable bonds is 6. The molecular formula is C16H30N2O2. The monoisotopic (exact) mass is 282 g/mol. The van der Waals surface area contributed by atoms with Crippen LogP contribution >= 0.6 is 0 Å². The number of carbonyl (C=O) groups excluding carboxylic acids is 1. The number of nitrogens with zero attached hydrogens (tertiary/aromatic N) is 1. The van der Waals surface area contributed by atoms with Crippen LogP contribution in [0.3, 0.4) is 0 Å². The van der Waals surface area contributed by atoms with Crippen molar-refractivity contribution in [1.29, 1.82) is 0 Å². The SMILES string of the molecule is C=C(CNC(C)(C)C)CN1CCC(C(=O)OCC)CC1. The standard InChI is InChI=1S/C16H30N2O2/c1-6-20-15(19)14-7-9-18(10-8-14)12-13(2)11-17-16(3,4)5/h14,17H,2,6-12H2,1,3-5H3. The van der Waals surface area contributed by atoms with Gasteiger partial charge in [-0.3, -0.25) is 9.69 Å². The zero-order chi connectivity index (χ0) is 15.2. The number of esters is 1. The quantitative estimate of drug-likeness (QED) is 0.599. The van der Waals surface area contributed by atoms with E-state index in [9.17, 15) is 4.79 Å². The molecule has 0 spiro atoms. The van der Waals surface area contributed by atoms with Crippen molar-refractivity contribution in [3.05, 3.63) is 12.2 Å². The lowest BCUT2D eigenvalue weighted by molar-refractivity contribution is -0.149. The molecule has 0 aliphatic carbocycles. The Morgan fingerprint density at radius 3 is 2.45 bits per heavy atom. The van der Waals surface area contributed by atoms with Gasteiger partial charge in [-0.2, -0.15) is 0 Å². The van der Waals surface area contributed by atoms with E-state index in [1.807, 2.05) is 6.92 Å². The third-order valence-corrected chi connectivity index (χ3v) is 3.52. The normalized spacial score (nSPS) is 18.0. The molecule has 0 amide bonds. The van der Waals surface area contributed by atoms with Gasteiger partial charge in [-0.1, -0.05) is 6.58 Å². The Morgan fingerprint density at radius 2 is 1.95 bits per heavy atom. The van der Waals surface area contributed by atoms with E-state index in [1.54, 1.807) is 0 Å². The second-order valence-electron chi connectivity index (χ2n) is 6.66. The van der Waals surface area contributed by atoms with E-state index in [2.05, 4.69) is 37.6 Å². The number of hydrogen-bond donors (Lipinski definition) is 1. The fourth-order valence-electron chi connectivity index (χ4n) is 2.35. The van der Waals surface area contributed by atoms with E-state index in [-0.39, 0.29) is 17.4 Å².